The van der Waals surface area contributed by atoms with Gasteiger partial charge in [-0.15, -0.1) is 0 Å². The Bertz CT molecular complexity index is 356. The van der Waals surface area contributed by atoms with Gasteiger partial charge in [-0.05, 0) is 36.5 Å². The Balaban J connectivity index is 1.98. The van der Waals surface area contributed by atoms with Gasteiger partial charge in [0.15, 0.2) is 0 Å². The largest absolute Gasteiger partial charge is 0.375 e. The minimum Gasteiger partial charge on any atom is -0.375 e. The summed E-state index contributed by atoms with van der Waals surface area (Å²) < 4.78 is 5.65. The first-order valence-corrected chi connectivity index (χ1v) is 7.61. The van der Waals surface area contributed by atoms with Crippen molar-refractivity contribution >= 4 is 11.8 Å². The fourth-order valence-electron chi connectivity index (χ4n) is 2.24. The van der Waals surface area contributed by atoms with Gasteiger partial charge < -0.3 is 10.1 Å². The zero-order valence-electron chi connectivity index (χ0n) is 10.6. The molecule has 0 saturated carbocycles. The van der Waals surface area contributed by atoms with Crippen LogP contribution in [0.15, 0.2) is 24.3 Å². The van der Waals surface area contributed by atoms with Crippen LogP contribution in [0, 0.1) is 0 Å². The van der Waals surface area contributed by atoms with Crippen molar-refractivity contribution in [2.45, 2.75) is 32.0 Å². The van der Waals surface area contributed by atoms with Gasteiger partial charge in [0, 0.05) is 6.04 Å². The normalized spacial score (nSPS) is 20.9. The molecule has 0 bridgehead atoms. The van der Waals surface area contributed by atoms with Crippen LogP contribution in [0.4, 0.5) is 0 Å². The molecule has 1 aromatic carbocycles. The van der Waals surface area contributed by atoms with Crippen molar-refractivity contribution in [3.05, 3.63) is 35.4 Å². The first kappa shape index (κ1) is 12.9. The molecule has 2 unspecified atom stereocenters. The molecule has 1 heterocycles. The summed E-state index contributed by atoms with van der Waals surface area (Å²) in [7, 11) is 0. The molecule has 2 nitrogen and oxygen atoms in total. The van der Waals surface area contributed by atoms with Crippen molar-refractivity contribution in [2.75, 3.05) is 18.6 Å². The Morgan fingerprint density at radius 3 is 3.12 bits per heavy atom. The highest BCUT2D eigenvalue weighted by molar-refractivity contribution is 7.98. The maximum atomic E-state index is 5.65. The van der Waals surface area contributed by atoms with E-state index in [0.717, 1.165) is 13.2 Å². The van der Waals surface area contributed by atoms with Crippen molar-refractivity contribution in [1.82, 2.24) is 5.32 Å². The molecular weight excluding hydrogens is 230 g/mol. The average molecular weight is 251 g/mol. The summed E-state index contributed by atoms with van der Waals surface area (Å²) in [5.74, 6) is 1.21. The maximum absolute atomic E-state index is 5.65. The van der Waals surface area contributed by atoms with E-state index in [1.54, 1.807) is 0 Å². The molecular formula is C14H21NOS. The van der Waals surface area contributed by atoms with Crippen LogP contribution in [0.5, 0.6) is 0 Å². The number of ether oxygens (including phenoxy) is 1. The molecule has 1 N–H and O–H groups in total. The molecule has 94 valence electrons. The van der Waals surface area contributed by atoms with Crippen molar-refractivity contribution in [1.29, 1.82) is 0 Å². The van der Waals surface area contributed by atoms with Crippen LogP contribution in [0.3, 0.4) is 0 Å². The number of thioether (sulfide) groups is 1. The maximum Gasteiger partial charge on any atom is 0.0721 e. The molecule has 0 saturated heterocycles. The second-order valence-electron chi connectivity index (χ2n) is 4.62. The third-order valence-electron chi connectivity index (χ3n) is 3.21. The van der Waals surface area contributed by atoms with Crippen molar-refractivity contribution in [3.63, 3.8) is 0 Å². The standard InChI is InChI=1S/C14H21NOS/c1-11(7-8-17-2)15-14-10-16-9-12-5-3-4-6-13(12)14/h3-6,11,14-15H,7-10H2,1-2H3. The second-order valence-corrected chi connectivity index (χ2v) is 5.60. The summed E-state index contributed by atoms with van der Waals surface area (Å²) in [6.45, 7) is 3.81. The Morgan fingerprint density at radius 2 is 2.29 bits per heavy atom. The summed E-state index contributed by atoms with van der Waals surface area (Å²) in [6.07, 6.45) is 3.37. The summed E-state index contributed by atoms with van der Waals surface area (Å²) in [5.41, 5.74) is 2.74. The molecule has 2 atom stereocenters. The van der Waals surface area contributed by atoms with E-state index in [-0.39, 0.29) is 0 Å². The SMILES string of the molecule is CSCCC(C)NC1COCc2ccccc21. The van der Waals surface area contributed by atoms with Crippen LogP contribution >= 0.6 is 11.8 Å². The highest BCUT2D eigenvalue weighted by atomic mass is 32.2. The van der Waals surface area contributed by atoms with E-state index in [1.807, 2.05) is 11.8 Å². The van der Waals surface area contributed by atoms with Crippen LogP contribution in [0.1, 0.15) is 30.5 Å². The number of nitrogens with one attached hydrogen (secondary N) is 1. The topological polar surface area (TPSA) is 21.3 Å². The van der Waals surface area contributed by atoms with Crippen LogP contribution < -0.4 is 5.32 Å². The third-order valence-corrected chi connectivity index (χ3v) is 3.86. The van der Waals surface area contributed by atoms with Crippen molar-refractivity contribution in [2.24, 2.45) is 0 Å². The molecule has 0 aliphatic carbocycles. The number of rotatable bonds is 5. The lowest BCUT2D eigenvalue weighted by Gasteiger charge is -2.29. The van der Waals surface area contributed by atoms with E-state index in [9.17, 15) is 0 Å². The second kappa shape index (κ2) is 6.43. The zero-order chi connectivity index (χ0) is 12.1. The Morgan fingerprint density at radius 1 is 1.47 bits per heavy atom. The average Bonchev–Trinajstić information content (AvgIpc) is 2.37. The van der Waals surface area contributed by atoms with Gasteiger partial charge in [-0.25, -0.2) is 0 Å². The van der Waals surface area contributed by atoms with Gasteiger partial charge >= 0.3 is 0 Å². The summed E-state index contributed by atoms with van der Waals surface area (Å²) in [5, 5.41) is 3.67. The van der Waals surface area contributed by atoms with E-state index >= 15 is 0 Å². The van der Waals surface area contributed by atoms with E-state index < -0.39 is 0 Å². The van der Waals surface area contributed by atoms with E-state index in [1.165, 1.54) is 23.3 Å². The molecule has 17 heavy (non-hydrogen) atoms. The smallest absolute Gasteiger partial charge is 0.0721 e. The summed E-state index contributed by atoms with van der Waals surface area (Å²) in [4.78, 5) is 0. The van der Waals surface area contributed by atoms with E-state index in [2.05, 4.69) is 42.8 Å². The molecule has 0 radical (unpaired) electrons. The minimum absolute atomic E-state index is 0.358. The minimum atomic E-state index is 0.358. The molecule has 2 rings (SSSR count). The Labute approximate surface area is 108 Å². The summed E-state index contributed by atoms with van der Waals surface area (Å²) in [6, 6.07) is 9.48. The van der Waals surface area contributed by atoms with Crippen LogP contribution in [-0.4, -0.2) is 24.7 Å². The van der Waals surface area contributed by atoms with Gasteiger partial charge in [0.25, 0.3) is 0 Å². The quantitative estimate of drug-likeness (QED) is 0.869. The van der Waals surface area contributed by atoms with Crippen molar-refractivity contribution < 1.29 is 4.74 Å². The molecule has 1 aromatic rings. The molecule has 0 amide bonds. The lowest BCUT2D eigenvalue weighted by atomic mass is 9.98. The van der Waals surface area contributed by atoms with Crippen LogP contribution in [-0.2, 0) is 11.3 Å². The molecule has 1 aliphatic heterocycles. The number of hydrogen-bond donors (Lipinski definition) is 1. The third kappa shape index (κ3) is 3.47. The van der Waals surface area contributed by atoms with Gasteiger partial charge in [0.1, 0.15) is 0 Å². The first-order valence-electron chi connectivity index (χ1n) is 6.22. The highest BCUT2D eigenvalue weighted by Gasteiger charge is 2.21. The van der Waals surface area contributed by atoms with Gasteiger partial charge in [-0.1, -0.05) is 24.3 Å². The summed E-state index contributed by atoms with van der Waals surface area (Å²) >= 11 is 1.91. The Hall–Kier alpha value is -0.510. The molecule has 0 aromatic heterocycles. The predicted octanol–water partition coefficient (Wildman–Crippen LogP) is 2.99. The van der Waals surface area contributed by atoms with Gasteiger partial charge in [-0.2, -0.15) is 11.8 Å². The van der Waals surface area contributed by atoms with Gasteiger partial charge in [-0.3, -0.25) is 0 Å². The molecule has 1 aliphatic rings. The molecule has 0 spiro atoms. The van der Waals surface area contributed by atoms with Gasteiger partial charge in [0.05, 0.1) is 19.3 Å². The van der Waals surface area contributed by atoms with E-state index in [4.69, 9.17) is 4.74 Å². The molecule has 3 heteroatoms. The monoisotopic (exact) mass is 251 g/mol. The fourth-order valence-corrected chi connectivity index (χ4v) is 2.83. The lowest BCUT2D eigenvalue weighted by Crippen LogP contribution is -2.36. The van der Waals surface area contributed by atoms with Crippen LogP contribution in [0.25, 0.3) is 0 Å². The fraction of sp³-hybridized carbons (Fsp3) is 0.571. The zero-order valence-corrected chi connectivity index (χ0v) is 11.4. The predicted molar refractivity (Wildman–Crippen MR) is 74.4 cm³/mol. The highest BCUT2D eigenvalue weighted by Crippen LogP contribution is 2.25. The number of fused-ring (bicyclic) bond motifs is 1. The number of benzene rings is 1. The van der Waals surface area contributed by atoms with Crippen LogP contribution in [0.2, 0.25) is 0 Å². The van der Waals surface area contributed by atoms with Gasteiger partial charge in [0.2, 0.25) is 0 Å². The molecule has 0 fully saturated rings. The van der Waals surface area contributed by atoms with E-state index in [0.29, 0.717) is 12.1 Å². The lowest BCUT2D eigenvalue weighted by molar-refractivity contribution is 0.0790. The number of hydrogen-bond acceptors (Lipinski definition) is 3. The Kier molecular flexibility index (Phi) is 4.89. The van der Waals surface area contributed by atoms with Crippen molar-refractivity contribution in [3.8, 4) is 0 Å². The first-order chi connectivity index (χ1) is 8.31.